The van der Waals surface area contributed by atoms with Crippen LogP contribution in [0.3, 0.4) is 0 Å². The van der Waals surface area contributed by atoms with Gasteiger partial charge in [-0.3, -0.25) is 14.9 Å². The summed E-state index contributed by atoms with van der Waals surface area (Å²) in [6.07, 6.45) is 0.0604. The highest BCUT2D eigenvalue weighted by atomic mass is 35.5. The van der Waals surface area contributed by atoms with E-state index in [2.05, 4.69) is 0 Å². The van der Waals surface area contributed by atoms with Crippen LogP contribution in [0.4, 0.5) is 5.69 Å². The van der Waals surface area contributed by atoms with E-state index in [9.17, 15) is 14.9 Å². The van der Waals surface area contributed by atoms with E-state index in [4.69, 9.17) is 23.2 Å². The fraction of sp³-hybridized carbons (Fsp3) is 0.222. The molecule has 0 heterocycles. The van der Waals surface area contributed by atoms with Crippen LogP contribution in [0.5, 0.6) is 0 Å². The van der Waals surface area contributed by atoms with Gasteiger partial charge in [0.15, 0.2) is 5.78 Å². The third-order valence-electron chi connectivity index (χ3n) is 1.70. The Bertz CT molecular complexity index is 406. The zero-order valence-corrected chi connectivity index (χ0v) is 9.09. The van der Waals surface area contributed by atoms with Crippen molar-refractivity contribution in [2.75, 3.05) is 5.88 Å². The third-order valence-corrected chi connectivity index (χ3v) is 2.22. The molecular weight excluding hydrogens is 241 g/mol. The molecule has 0 spiro atoms. The average Bonchev–Trinajstić information content (AvgIpc) is 2.16. The van der Waals surface area contributed by atoms with Gasteiger partial charge in [0.2, 0.25) is 0 Å². The van der Waals surface area contributed by atoms with Crippen molar-refractivity contribution in [1.29, 1.82) is 0 Å². The summed E-state index contributed by atoms with van der Waals surface area (Å²) >= 11 is 11.0. The molecule has 1 aromatic carbocycles. The van der Waals surface area contributed by atoms with Crippen LogP contribution in [0.2, 0.25) is 5.02 Å². The molecule has 1 rings (SSSR count). The maximum Gasteiger partial charge on any atom is 0.271 e. The smallest absolute Gasteiger partial charge is 0.271 e. The van der Waals surface area contributed by atoms with Gasteiger partial charge in [-0.25, -0.2) is 0 Å². The number of nitrogens with zero attached hydrogens (tertiary/aromatic N) is 1. The van der Waals surface area contributed by atoms with E-state index in [1.165, 1.54) is 18.2 Å². The number of nitro groups is 1. The van der Waals surface area contributed by atoms with E-state index >= 15 is 0 Å². The molecule has 0 aromatic heterocycles. The zero-order chi connectivity index (χ0) is 11.4. The summed E-state index contributed by atoms with van der Waals surface area (Å²) in [5.74, 6) is -0.312. The van der Waals surface area contributed by atoms with E-state index in [0.717, 1.165) is 0 Å². The third kappa shape index (κ3) is 3.49. The number of halogens is 2. The molecule has 1 aromatic rings. The van der Waals surface area contributed by atoms with Crippen molar-refractivity contribution in [3.05, 3.63) is 38.9 Å². The molecule has 0 bridgehead atoms. The number of hydrogen-bond acceptors (Lipinski definition) is 3. The molecule has 0 radical (unpaired) electrons. The molecule has 0 atom stereocenters. The highest BCUT2D eigenvalue weighted by Crippen LogP contribution is 2.21. The molecule has 80 valence electrons. The SMILES string of the molecule is O=C(CCl)Cc1cc(Cl)cc([N+](=O)[O-])c1. The van der Waals surface area contributed by atoms with E-state index in [1.54, 1.807) is 0 Å². The van der Waals surface area contributed by atoms with Gasteiger partial charge >= 0.3 is 0 Å². The first kappa shape index (κ1) is 11.9. The predicted molar refractivity (Wildman–Crippen MR) is 57.5 cm³/mol. The lowest BCUT2D eigenvalue weighted by Crippen LogP contribution is -2.04. The minimum Gasteiger partial charge on any atom is -0.298 e. The monoisotopic (exact) mass is 247 g/mol. The van der Waals surface area contributed by atoms with Crippen molar-refractivity contribution in [3.63, 3.8) is 0 Å². The van der Waals surface area contributed by atoms with Gasteiger partial charge in [0.05, 0.1) is 10.8 Å². The molecule has 0 aliphatic carbocycles. The normalized spacial score (nSPS) is 10.0. The minimum atomic E-state index is -0.555. The highest BCUT2D eigenvalue weighted by Gasteiger charge is 2.10. The van der Waals surface area contributed by atoms with Crippen molar-refractivity contribution in [2.45, 2.75) is 6.42 Å². The zero-order valence-electron chi connectivity index (χ0n) is 7.57. The van der Waals surface area contributed by atoms with Gasteiger partial charge in [-0.1, -0.05) is 11.6 Å². The molecule has 0 fully saturated rings. The van der Waals surface area contributed by atoms with Crippen LogP contribution in [0.25, 0.3) is 0 Å². The summed E-state index contributed by atoms with van der Waals surface area (Å²) in [5, 5.41) is 10.7. The molecular formula is C9H7Cl2NO3. The Morgan fingerprint density at radius 1 is 1.40 bits per heavy atom. The molecule has 6 heteroatoms. The summed E-state index contributed by atoms with van der Waals surface area (Å²) in [6.45, 7) is 0. The number of Topliss-reactive ketones (excluding diaryl/α,β-unsaturated/α-hetero) is 1. The maximum absolute atomic E-state index is 11.0. The topological polar surface area (TPSA) is 60.2 Å². The van der Waals surface area contributed by atoms with E-state index < -0.39 is 4.92 Å². The number of rotatable bonds is 4. The summed E-state index contributed by atoms with van der Waals surface area (Å²) in [7, 11) is 0. The Morgan fingerprint density at radius 2 is 2.07 bits per heavy atom. The van der Waals surface area contributed by atoms with Crippen molar-refractivity contribution >= 4 is 34.7 Å². The molecule has 0 N–H and O–H groups in total. The number of nitro benzene ring substituents is 1. The molecule has 0 saturated heterocycles. The lowest BCUT2D eigenvalue weighted by atomic mass is 10.1. The Hall–Kier alpha value is -1.13. The number of carbonyl (C=O) groups excluding carboxylic acids is 1. The first-order valence-electron chi connectivity index (χ1n) is 4.04. The van der Waals surface area contributed by atoms with Crippen LogP contribution in [0.15, 0.2) is 18.2 Å². The second kappa shape index (κ2) is 5.09. The summed E-state index contributed by atoms with van der Waals surface area (Å²) in [6, 6.07) is 4.06. The fourth-order valence-electron chi connectivity index (χ4n) is 1.12. The van der Waals surface area contributed by atoms with Crippen molar-refractivity contribution < 1.29 is 9.72 Å². The maximum atomic E-state index is 11.0. The lowest BCUT2D eigenvalue weighted by Gasteiger charge is -2.00. The predicted octanol–water partition coefficient (Wildman–Crippen LogP) is 2.60. The molecule has 0 saturated carbocycles. The fourth-order valence-corrected chi connectivity index (χ4v) is 1.46. The lowest BCUT2D eigenvalue weighted by molar-refractivity contribution is -0.384. The number of carbonyl (C=O) groups is 1. The van der Waals surface area contributed by atoms with Crippen LogP contribution in [-0.4, -0.2) is 16.6 Å². The van der Waals surface area contributed by atoms with Crippen LogP contribution in [0, 0.1) is 10.1 Å². The van der Waals surface area contributed by atoms with E-state index in [-0.39, 0.29) is 28.8 Å². The first-order valence-corrected chi connectivity index (χ1v) is 4.95. The minimum absolute atomic E-state index is 0.0604. The molecule has 0 aliphatic heterocycles. The van der Waals surface area contributed by atoms with Crippen LogP contribution in [-0.2, 0) is 11.2 Å². The van der Waals surface area contributed by atoms with Crippen molar-refractivity contribution in [1.82, 2.24) is 0 Å². The van der Waals surface area contributed by atoms with Crippen LogP contribution in [0.1, 0.15) is 5.56 Å². The standard InChI is InChI=1S/C9H7Cl2NO3/c10-5-9(13)3-6-1-7(11)4-8(2-6)12(14)15/h1-2,4H,3,5H2. The van der Waals surface area contributed by atoms with E-state index in [1.807, 2.05) is 0 Å². The number of non-ortho nitro benzene ring substituents is 1. The molecule has 0 amide bonds. The van der Waals surface area contributed by atoms with E-state index in [0.29, 0.717) is 5.56 Å². The quantitative estimate of drug-likeness (QED) is 0.467. The van der Waals surface area contributed by atoms with Crippen molar-refractivity contribution in [2.24, 2.45) is 0 Å². The van der Waals surface area contributed by atoms with Gasteiger partial charge in [-0.05, 0) is 11.6 Å². The van der Waals surface area contributed by atoms with Gasteiger partial charge in [0.25, 0.3) is 5.69 Å². The average molecular weight is 248 g/mol. The highest BCUT2D eigenvalue weighted by molar-refractivity contribution is 6.31. The Morgan fingerprint density at radius 3 is 2.60 bits per heavy atom. The molecule has 0 unspecified atom stereocenters. The van der Waals surface area contributed by atoms with Crippen LogP contribution < -0.4 is 0 Å². The Balaban J connectivity index is 2.98. The number of ketones is 1. The largest absolute Gasteiger partial charge is 0.298 e. The van der Waals surface area contributed by atoms with Gasteiger partial charge in [-0.2, -0.15) is 0 Å². The molecule has 4 nitrogen and oxygen atoms in total. The Kier molecular flexibility index (Phi) is 4.05. The first-order chi connectivity index (χ1) is 7.02. The summed E-state index contributed by atoms with van der Waals surface area (Å²) in [4.78, 5) is 21.0. The molecule has 15 heavy (non-hydrogen) atoms. The summed E-state index contributed by atoms with van der Waals surface area (Å²) in [5.41, 5.74) is 0.375. The van der Waals surface area contributed by atoms with Gasteiger partial charge < -0.3 is 0 Å². The number of benzene rings is 1. The van der Waals surface area contributed by atoms with Crippen LogP contribution >= 0.6 is 23.2 Å². The number of hydrogen-bond donors (Lipinski definition) is 0. The number of alkyl halides is 1. The van der Waals surface area contributed by atoms with Gasteiger partial charge in [0.1, 0.15) is 0 Å². The van der Waals surface area contributed by atoms with Crippen molar-refractivity contribution in [3.8, 4) is 0 Å². The second-order valence-electron chi connectivity index (χ2n) is 2.92. The molecule has 0 aliphatic rings. The Labute approximate surface area is 95.9 Å². The van der Waals surface area contributed by atoms with Gasteiger partial charge in [0, 0.05) is 23.6 Å². The second-order valence-corrected chi connectivity index (χ2v) is 3.63. The summed E-state index contributed by atoms with van der Waals surface area (Å²) < 4.78 is 0. The van der Waals surface area contributed by atoms with Gasteiger partial charge in [-0.15, -0.1) is 11.6 Å².